The Kier molecular flexibility index (Phi) is 5.12. The number of anilines is 2. The average Bonchev–Trinajstić information content (AvgIpc) is 3.18. The van der Waals surface area contributed by atoms with Crippen molar-refractivity contribution in [2.45, 2.75) is 6.42 Å². The van der Waals surface area contributed by atoms with Crippen LogP contribution in [-0.4, -0.2) is 11.6 Å². The van der Waals surface area contributed by atoms with Crippen LogP contribution >= 0.6 is 0 Å². The Morgan fingerprint density at radius 1 is 0.750 bits per heavy atom. The minimum Gasteiger partial charge on any atom is -0.345 e. The second-order valence-corrected chi connectivity index (χ2v) is 8.09. The van der Waals surface area contributed by atoms with Gasteiger partial charge in [0.15, 0.2) is 0 Å². The van der Waals surface area contributed by atoms with Gasteiger partial charge in [0.25, 0.3) is 0 Å². The molecule has 0 atom stereocenters. The van der Waals surface area contributed by atoms with E-state index in [1.54, 1.807) is 0 Å². The highest BCUT2D eigenvalue weighted by Gasteiger charge is 2.14. The van der Waals surface area contributed by atoms with E-state index in [1.165, 1.54) is 32.9 Å². The molecule has 0 unspecified atom stereocenters. The van der Waals surface area contributed by atoms with Crippen molar-refractivity contribution in [3.05, 3.63) is 116 Å². The van der Waals surface area contributed by atoms with Crippen molar-refractivity contribution in [2.75, 3.05) is 11.9 Å². The molecule has 0 saturated heterocycles. The highest BCUT2D eigenvalue weighted by atomic mass is 15.1. The van der Waals surface area contributed by atoms with Gasteiger partial charge in [0.2, 0.25) is 0 Å². The minimum atomic E-state index is 0.752. The monoisotopic (exact) mass is 414 g/mol. The fourth-order valence-corrected chi connectivity index (χ4v) is 4.44. The molecule has 1 aromatic heterocycles. The van der Waals surface area contributed by atoms with Gasteiger partial charge in [-0.1, -0.05) is 73.3 Å². The SMILES string of the molecule is C=CCC(=C)n1c2ccccc2c2cc(N(C)c3cccc(-c4ccccc4)c3)ccc21. The molecular formula is C30H26N2. The van der Waals surface area contributed by atoms with Crippen molar-refractivity contribution in [3.63, 3.8) is 0 Å². The van der Waals surface area contributed by atoms with E-state index in [-0.39, 0.29) is 0 Å². The van der Waals surface area contributed by atoms with Gasteiger partial charge in [-0.25, -0.2) is 0 Å². The zero-order valence-corrected chi connectivity index (χ0v) is 18.3. The lowest BCUT2D eigenvalue weighted by molar-refractivity contribution is 1.15. The maximum atomic E-state index is 4.31. The first kappa shape index (κ1) is 19.9. The maximum absolute atomic E-state index is 4.31. The van der Waals surface area contributed by atoms with E-state index >= 15 is 0 Å². The van der Waals surface area contributed by atoms with E-state index < -0.39 is 0 Å². The van der Waals surface area contributed by atoms with Gasteiger partial charge in [-0.3, -0.25) is 0 Å². The predicted molar refractivity (Wildman–Crippen MR) is 140 cm³/mol. The van der Waals surface area contributed by atoms with Crippen LogP contribution in [0.5, 0.6) is 0 Å². The first-order valence-corrected chi connectivity index (χ1v) is 10.9. The number of aromatic nitrogens is 1. The Bertz CT molecular complexity index is 1440. The van der Waals surface area contributed by atoms with Crippen molar-refractivity contribution in [1.82, 2.24) is 4.57 Å². The molecule has 0 aliphatic rings. The van der Waals surface area contributed by atoms with E-state index in [2.05, 4.69) is 127 Å². The Morgan fingerprint density at radius 2 is 1.44 bits per heavy atom. The van der Waals surface area contributed by atoms with Gasteiger partial charge in [0.1, 0.15) is 0 Å². The second kappa shape index (κ2) is 8.24. The summed E-state index contributed by atoms with van der Waals surface area (Å²) in [6.07, 6.45) is 2.66. The van der Waals surface area contributed by atoms with Crippen molar-refractivity contribution < 1.29 is 0 Å². The Labute approximate surface area is 189 Å². The molecule has 2 heteroatoms. The topological polar surface area (TPSA) is 8.17 Å². The molecule has 4 aromatic carbocycles. The number of nitrogens with zero attached hydrogens (tertiary/aromatic N) is 2. The van der Waals surface area contributed by atoms with Gasteiger partial charge < -0.3 is 9.47 Å². The molecule has 32 heavy (non-hydrogen) atoms. The summed E-state index contributed by atoms with van der Waals surface area (Å²) in [6.45, 7) is 8.20. The van der Waals surface area contributed by atoms with Gasteiger partial charge in [0, 0.05) is 41.3 Å². The van der Waals surface area contributed by atoms with Gasteiger partial charge in [-0.2, -0.15) is 0 Å². The van der Waals surface area contributed by atoms with Crippen molar-refractivity contribution in [2.24, 2.45) is 0 Å². The van der Waals surface area contributed by atoms with E-state index in [0.717, 1.165) is 23.5 Å². The molecule has 5 aromatic rings. The standard InChI is InChI=1S/C30H26N2/c1-4-11-22(2)32-29-17-9-8-16-27(29)28-21-26(18-19-30(28)32)31(3)25-15-10-14-24(20-25)23-12-6-5-7-13-23/h4-10,12-21H,1-2,11H2,3H3. The lowest BCUT2D eigenvalue weighted by Gasteiger charge is -2.21. The zero-order valence-electron chi connectivity index (χ0n) is 18.3. The normalized spacial score (nSPS) is 11.0. The zero-order chi connectivity index (χ0) is 22.1. The minimum absolute atomic E-state index is 0.752. The number of hydrogen-bond acceptors (Lipinski definition) is 1. The molecule has 0 bridgehead atoms. The molecular weight excluding hydrogens is 388 g/mol. The molecule has 2 nitrogen and oxygen atoms in total. The fourth-order valence-electron chi connectivity index (χ4n) is 4.44. The van der Waals surface area contributed by atoms with Crippen molar-refractivity contribution >= 4 is 38.9 Å². The molecule has 5 rings (SSSR count). The summed E-state index contributed by atoms with van der Waals surface area (Å²) in [6, 6.07) is 34.4. The lowest BCUT2D eigenvalue weighted by atomic mass is 10.0. The summed E-state index contributed by atoms with van der Waals surface area (Å²) in [7, 11) is 2.13. The lowest BCUT2D eigenvalue weighted by Crippen LogP contribution is -2.09. The molecule has 0 aliphatic heterocycles. The molecule has 0 saturated carbocycles. The summed E-state index contributed by atoms with van der Waals surface area (Å²) < 4.78 is 2.26. The summed E-state index contributed by atoms with van der Waals surface area (Å²) >= 11 is 0. The van der Waals surface area contributed by atoms with Crippen LogP contribution in [0.25, 0.3) is 38.6 Å². The van der Waals surface area contributed by atoms with Crippen molar-refractivity contribution in [1.29, 1.82) is 0 Å². The highest BCUT2D eigenvalue weighted by molar-refractivity contribution is 6.11. The van der Waals surface area contributed by atoms with Crippen LogP contribution in [0, 0.1) is 0 Å². The van der Waals surface area contributed by atoms with E-state index in [0.29, 0.717) is 0 Å². The van der Waals surface area contributed by atoms with Crippen LogP contribution in [0.3, 0.4) is 0 Å². The van der Waals surface area contributed by atoms with Crippen LogP contribution in [0.4, 0.5) is 11.4 Å². The fraction of sp³-hybridized carbons (Fsp3) is 0.0667. The summed E-state index contributed by atoms with van der Waals surface area (Å²) in [5.74, 6) is 0. The first-order chi connectivity index (χ1) is 15.7. The Morgan fingerprint density at radius 3 is 2.25 bits per heavy atom. The first-order valence-electron chi connectivity index (χ1n) is 10.9. The van der Waals surface area contributed by atoms with Crippen LogP contribution < -0.4 is 4.90 Å². The smallest absolute Gasteiger partial charge is 0.0539 e. The molecule has 0 spiro atoms. The summed E-state index contributed by atoms with van der Waals surface area (Å²) in [4.78, 5) is 2.25. The van der Waals surface area contributed by atoms with E-state index in [1.807, 2.05) is 6.08 Å². The number of fused-ring (bicyclic) bond motifs is 3. The van der Waals surface area contributed by atoms with Crippen LogP contribution in [0.2, 0.25) is 0 Å². The van der Waals surface area contributed by atoms with Gasteiger partial charge in [-0.05, 0) is 47.5 Å². The molecule has 1 heterocycles. The van der Waals surface area contributed by atoms with Crippen LogP contribution in [0.15, 0.2) is 116 Å². The number of hydrogen-bond donors (Lipinski definition) is 0. The summed E-state index contributed by atoms with van der Waals surface area (Å²) in [5, 5.41) is 2.47. The van der Waals surface area contributed by atoms with Gasteiger partial charge >= 0.3 is 0 Å². The van der Waals surface area contributed by atoms with E-state index in [4.69, 9.17) is 0 Å². The number of para-hydroxylation sites is 1. The summed E-state index contributed by atoms with van der Waals surface area (Å²) in [5.41, 5.74) is 8.14. The van der Waals surface area contributed by atoms with Crippen molar-refractivity contribution in [3.8, 4) is 11.1 Å². The van der Waals surface area contributed by atoms with Crippen LogP contribution in [-0.2, 0) is 0 Å². The number of allylic oxidation sites excluding steroid dienone is 2. The van der Waals surface area contributed by atoms with E-state index in [9.17, 15) is 0 Å². The quantitative estimate of drug-likeness (QED) is 0.254. The maximum Gasteiger partial charge on any atom is 0.0539 e. The molecule has 0 amide bonds. The Balaban J connectivity index is 1.61. The predicted octanol–water partition coefficient (Wildman–Crippen LogP) is 8.28. The molecule has 0 fully saturated rings. The van der Waals surface area contributed by atoms with Gasteiger partial charge in [0.05, 0.1) is 11.0 Å². The third-order valence-corrected chi connectivity index (χ3v) is 6.08. The molecule has 0 N–H and O–H groups in total. The highest BCUT2D eigenvalue weighted by Crippen LogP contribution is 2.36. The molecule has 156 valence electrons. The van der Waals surface area contributed by atoms with Crippen LogP contribution in [0.1, 0.15) is 6.42 Å². The largest absolute Gasteiger partial charge is 0.345 e. The Hall–Kier alpha value is -4.04. The number of benzene rings is 4. The molecule has 0 radical (unpaired) electrons. The third-order valence-electron chi connectivity index (χ3n) is 6.08. The third kappa shape index (κ3) is 3.40. The number of rotatable bonds is 6. The average molecular weight is 415 g/mol. The molecule has 0 aliphatic carbocycles. The second-order valence-electron chi connectivity index (χ2n) is 8.09. The van der Waals surface area contributed by atoms with Gasteiger partial charge in [-0.15, -0.1) is 6.58 Å².